The van der Waals surface area contributed by atoms with Crippen LogP contribution in [-0.2, 0) is 0 Å². The highest BCUT2D eigenvalue weighted by atomic mass is 35.5. The summed E-state index contributed by atoms with van der Waals surface area (Å²) < 4.78 is 13.2. The molecule has 0 fully saturated rings. The largest absolute Gasteiger partial charge is 0.340 e. The molecule has 1 amide bonds. The number of rotatable bonds is 5. The first-order chi connectivity index (χ1) is 8.45. The Morgan fingerprint density at radius 3 is 2.63 bits per heavy atom. The van der Waals surface area contributed by atoms with Crippen LogP contribution in [0, 0.1) is 15.9 Å². The number of carbonyl (C=O) groups is 1. The third kappa shape index (κ3) is 4.80. The highest BCUT2D eigenvalue weighted by Gasteiger charge is 2.17. The molecule has 106 valence electrons. The molecular weight excluding hydrogens is 277 g/mol. The zero-order chi connectivity index (χ0) is 13.7. The standard InChI is InChI=1S/C11H14FN3O3.ClH/c1-13-3-4-14(2)11(16)8-5-9(12)7-10(6-8)15(17)18;/h5-7,13H,3-4H2,1-2H3;1H. The number of benzene rings is 1. The van der Waals surface area contributed by atoms with Crippen LogP contribution in [0.5, 0.6) is 0 Å². The maximum atomic E-state index is 13.2. The molecule has 0 radical (unpaired) electrons. The summed E-state index contributed by atoms with van der Waals surface area (Å²) in [6.45, 7) is 1.01. The minimum Gasteiger partial charge on any atom is -0.340 e. The van der Waals surface area contributed by atoms with Gasteiger partial charge in [0.2, 0.25) is 0 Å². The summed E-state index contributed by atoms with van der Waals surface area (Å²) in [4.78, 5) is 23.1. The van der Waals surface area contributed by atoms with Crippen LogP contribution in [-0.4, -0.2) is 42.9 Å². The number of nitro benzene ring substituents is 1. The third-order valence-corrected chi connectivity index (χ3v) is 2.38. The van der Waals surface area contributed by atoms with Gasteiger partial charge in [-0.3, -0.25) is 14.9 Å². The molecule has 0 aliphatic rings. The molecule has 8 heteroatoms. The lowest BCUT2D eigenvalue weighted by molar-refractivity contribution is -0.385. The van der Waals surface area contributed by atoms with Crippen molar-refractivity contribution in [2.45, 2.75) is 0 Å². The molecule has 0 atom stereocenters. The molecule has 0 aliphatic heterocycles. The van der Waals surface area contributed by atoms with Crippen molar-refractivity contribution in [2.24, 2.45) is 0 Å². The maximum Gasteiger partial charge on any atom is 0.273 e. The zero-order valence-electron chi connectivity index (χ0n) is 10.6. The number of non-ortho nitro benzene ring substituents is 1. The van der Waals surface area contributed by atoms with Crippen LogP contribution >= 0.6 is 12.4 Å². The number of nitro groups is 1. The predicted molar refractivity (Wildman–Crippen MR) is 71.2 cm³/mol. The lowest BCUT2D eigenvalue weighted by Crippen LogP contribution is -2.32. The Bertz CT molecular complexity index is 470. The van der Waals surface area contributed by atoms with E-state index in [0.29, 0.717) is 13.1 Å². The Morgan fingerprint density at radius 2 is 2.11 bits per heavy atom. The van der Waals surface area contributed by atoms with E-state index in [2.05, 4.69) is 5.32 Å². The van der Waals surface area contributed by atoms with Gasteiger partial charge in [0.05, 0.1) is 11.0 Å². The number of halogens is 2. The molecule has 0 saturated carbocycles. The van der Waals surface area contributed by atoms with E-state index in [1.54, 1.807) is 14.1 Å². The smallest absolute Gasteiger partial charge is 0.273 e. The van der Waals surface area contributed by atoms with Crippen molar-refractivity contribution in [3.63, 3.8) is 0 Å². The molecule has 6 nitrogen and oxygen atoms in total. The quantitative estimate of drug-likeness (QED) is 0.658. The summed E-state index contributed by atoms with van der Waals surface area (Å²) in [5, 5.41) is 13.4. The number of carbonyl (C=O) groups excluding carboxylic acids is 1. The lowest BCUT2D eigenvalue weighted by atomic mass is 10.1. The summed E-state index contributed by atoms with van der Waals surface area (Å²) >= 11 is 0. The first-order valence-corrected chi connectivity index (χ1v) is 5.30. The fourth-order valence-electron chi connectivity index (χ4n) is 1.40. The van der Waals surface area contributed by atoms with Crippen LogP contribution in [0.4, 0.5) is 10.1 Å². The number of likely N-dealkylation sites (N-methyl/N-ethyl adjacent to an activating group) is 2. The van der Waals surface area contributed by atoms with Crippen molar-refractivity contribution in [1.82, 2.24) is 10.2 Å². The summed E-state index contributed by atoms with van der Waals surface area (Å²) in [5.74, 6) is -1.25. The molecule has 1 aromatic rings. The number of amides is 1. The van der Waals surface area contributed by atoms with Gasteiger partial charge in [0.15, 0.2) is 0 Å². The van der Waals surface area contributed by atoms with Gasteiger partial charge < -0.3 is 10.2 Å². The lowest BCUT2D eigenvalue weighted by Gasteiger charge is -2.16. The average molecular weight is 292 g/mol. The Kier molecular flexibility index (Phi) is 6.95. The van der Waals surface area contributed by atoms with Crippen LogP contribution in [0.3, 0.4) is 0 Å². The van der Waals surface area contributed by atoms with Gasteiger partial charge in [-0.1, -0.05) is 0 Å². The molecule has 0 heterocycles. The third-order valence-electron chi connectivity index (χ3n) is 2.38. The van der Waals surface area contributed by atoms with Gasteiger partial charge >= 0.3 is 0 Å². The second kappa shape index (κ2) is 7.65. The van der Waals surface area contributed by atoms with E-state index in [1.807, 2.05) is 0 Å². The van der Waals surface area contributed by atoms with E-state index >= 15 is 0 Å². The van der Waals surface area contributed by atoms with Crippen molar-refractivity contribution in [3.8, 4) is 0 Å². The van der Waals surface area contributed by atoms with Crippen molar-refractivity contribution in [3.05, 3.63) is 39.7 Å². The van der Waals surface area contributed by atoms with Gasteiger partial charge in [0.25, 0.3) is 11.6 Å². The monoisotopic (exact) mass is 291 g/mol. The van der Waals surface area contributed by atoms with Gasteiger partial charge in [-0.15, -0.1) is 12.4 Å². The molecular formula is C11H15ClFN3O3. The molecule has 0 aromatic heterocycles. The molecule has 0 bridgehead atoms. The summed E-state index contributed by atoms with van der Waals surface area (Å²) in [6.07, 6.45) is 0. The number of hydrogen-bond donors (Lipinski definition) is 1. The Balaban J connectivity index is 0.00000324. The minimum atomic E-state index is -0.797. The van der Waals surface area contributed by atoms with E-state index in [0.717, 1.165) is 18.2 Å². The average Bonchev–Trinajstić information content (AvgIpc) is 2.34. The number of nitrogens with zero attached hydrogens (tertiary/aromatic N) is 2. The van der Waals surface area contributed by atoms with E-state index in [9.17, 15) is 19.3 Å². The topological polar surface area (TPSA) is 75.5 Å². The normalized spacial score (nSPS) is 9.63. The van der Waals surface area contributed by atoms with Crippen LogP contribution in [0.15, 0.2) is 18.2 Å². The molecule has 19 heavy (non-hydrogen) atoms. The second-order valence-corrected chi connectivity index (χ2v) is 3.79. The van der Waals surface area contributed by atoms with E-state index in [4.69, 9.17) is 0 Å². The maximum absolute atomic E-state index is 13.2. The first-order valence-electron chi connectivity index (χ1n) is 5.30. The molecule has 1 N–H and O–H groups in total. The van der Waals surface area contributed by atoms with Crippen LogP contribution < -0.4 is 5.32 Å². The number of nitrogens with one attached hydrogen (secondary N) is 1. The van der Waals surface area contributed by atoms with Crippen molar-refractivity contribution in [2.75, 3.05) is 27.2 Å². The van der Waals surface area contributed by atoms with Crippen LogP contribution in [0.25, 0.3) is 0 Å². The van der Waals surface area contributed by atoms with Crippen LogP contribution in [0.1, 0.15) is 10.4 Å². The Morgan fingerprint density at radius 1 is 1.47 bits per heavy atom. The van der Waals surface area contributed by atoms with E-state index in [1.165, 1.54) is 4.90 Å². The summed E-state index contributed by atoms with van der Waals surface area (Å²) in [5.41, 5.74) is -0.458. The fourth-order valence-corrected chi connectivity index (χ4v) is 1.40. The molecule has 0 spiro atoms. The molecule has 1 rings (SSSR count). The second-order valence-electron chi connectivity index (χ2n) is 3.79. The predicted octanol–water partition coefficient (Wildman–Crippen LogP) is 1.45. The molecule has 0 aliphatic carbocycles. The van der Waals surface area contributed by atoms with E-state index in [-0.39, 0.29) is 18.0 Å². The summed E-state index contributed by atoms with van der Waals surface area (Å²) in [7, 11) is 3.29. The Hall–Kier alpha value is -1.73. The molecule has 1 aromatic carbocycles. The zero-order valence-corrected chi connectivity index (χ0v) is 11.4. The highest BCUT2D eigenvalue weighted by Crippen LogP contribution is 2.17. The van der Waals surface area contributed by atoms with Crippen LogP contribution in [0.2, 0.25) is 0 Å². The molecule has 0 saturated heterocycles. The first kappa shape index (κ1) is 17.3. The van der Waals surface area contributed by atoms with Crippen molar-refractivity contribution >= 4 is 24.0 Å². The highest BCUT2D eigenvalue weighted by molar-refractivity contribution is 5.94. The Labute approximate surface area is 116 Å². The van der Waals surface area contributed by atoms with Gasteiger partial charge in [0, 0.05) is 31.8 Å². The van der Waals surface area contributed by atoms with Gasteiger partial charge in [-0.25, -0.2) is 4.39 Å². The van der Waals surface area contributed by atoms with Crippen molar-refractivity contribution in [1.29, 1.82) is 0 Å². The summed E-state index contributed by atoms with van der Waals surface area (Å²) in [6, 6.07) is 2.84. The van der Waals surface area contributed by atoms with Gasteiger partial charge in [-0.2, -0.15) is 0 Å². The number of hydrogen-bond acceptors (Lipinski definition) is 4. The fraction of sp³-hybridized carbons (Fsp3) is 0.364. The SMILES string of the molecule is CNCCN(C)C(=O)c1cc(F)cc([N+](=O)[O-])c1.Cl. The van der Waals surface area contributed by atoms with E-state index < -0.39 is 22.3 Å². The molecule has 0 unspecified atom stereocenters. The van der Waals surface area contributed by atoms with Gasteiger partial charge in [0.1, 0.15) is 5.82 Å². The van der Waals surface area contributed by atoms with Gasteiger partial charge in [-0.05, 0) is 13.1 Å². The van der Waals surface area contributed by atoms with Crippen molar-refractivity contribution < 1.29 is 14.1 Å². The minimum absolute atomic E-state index is 0.